The summed E-state index contributed by atoms with van der Waals surface area (Å²) in [6, 6.07) is 22.0. The normalized spacial score (nSPS) is 21.1. The van der Waals surface area contributed by atoms with E-state index in [2.05, 4.69) is 93.5 Å². The fourth-order valence-electron chi connectivity index (χ4n) is 3.41. The highest BCUT2D eigenvalue weighted by Crippen LogP contribution is 2.43. The van der Waals surface area contributed by atoms with E-state index in [1.807, 2.05) is 0 Å². The summed E-state index contributed by atoms with van der Waals surface area (Å²) in [5.74, 6) is 0.808. The van der Waals surface area contributed by atoms with Crippen LogP contribution in [-0.2, 0) is 4.53 Å². The Bertz CT molecular complexity index is 592. The van der Waals surface area contributed by atoms with Gasteiger partial charge in [0, 0.05) is 13.1 Å². The highest BCUT2D eigenvalue weighted by molar-refractivity contribution is 6.79. The molecule has 24 heavy (non-hydrogen) atoms. The first-order valence-electron chi connectivity index (χ1n) is 8.94. The molecule has 1 aliphatic rings. The van der Waals surface area contributed by atoms with Gasteiger partial charge in [0.25, 0.3) is 9.04 Å². The van der Waals surface area contributed by atoms with Gasteiger partial charge in [0.15, 0.2) is 0 Å². The molecule has 0 saturated heterocycles. The molecular weight excluding hydrogens is 310 g/mol. The summed E-state index contributed by atoms with van der Waals surface area (Å²) in [5, 5.41) is 4.82. The zero-order valence-corrected chi connectivity index (χ0v) is 16.4. The predicted octanol–water partition coefficient (Wildman–Crippen LogP) is 3.21. The molecule has 0 radical (unpaired) electrons. The van der Waals surface area contributed by atoms with Crippen LogP contribution in [0, 0.1) is 11.3 Å². The molecule has 1 fully saturated rings. The lowest BCUT2D eigenvalue weighted by molar-refractivity contribution is -0.124. The third kappa shape index (κ3) is 3.97. The van der Waals surface area contributed by atoms with Crippen molar-refractivity contribution in [1.29, 1.82) is 0 Å². The van der Waals surface area contributed by atoms with Crippen LogP contribution in [0.15, 0.2) is 60.7 Å². The third-order valence-corrected chi connectivity index (χ3v) is 7.85. The smallest absolute Gasteiger partial charge is 0.267 e. The van der Waals surface area contributed by atoms with Gasteiger partial charge in [-0.05, 0) is 34.5 Å². The first-order chi connectivity index (χ1) is 11.4. The van der Waals surface area contributed by atoms with Crippen LogP contribution in [0.2, 0.25) is 0 Å². The largest absolute Gasteiger partial charge is 0.335 e. The van der Waals surface area contributed by atoms with Crippen molar-refractivity contribution in [3.05, 3.63) is 60.7 Å². The second-order valence-electron chi connectivity index (χ2n) is 8.04. The van der Waals surface area contributed by atoms with E-state index in [9.17, 15) is 0 Å². The zero-order valence-electron chi connectivity index (χ0n) is 15.3. The predicted molar refractivity (Wildman–Crippen MR) is 104 cm³/mol. The van der Waals surface area contributed by atoms with Gasteiger partial charge in [0.1, 0.15) is 0 Å². The molecule has 0 atom stereocenters. The molecule has 0 unspecified atom stereocenters. The topological polar surface area (TPSA) is 12.5 Å². The summed E-state index contributed by atoms with van der Waals surface area (Å²) in [6.07, 6.45) is 2.48. The van der Waals surface area contributed by atoms with Gasteiger partial charge < -0.3 is 4.53 Å². The van der Waals surface area contributed by atoms with Gasteiger partial charge in [-0.2, -0.15) is 0 Å². The van der Waals surface area contributed by atoms with Crippen LogP contribution in [0.3, 0.4) is 0 Å². The second kappa shape index (κ2) is 7.22. The first kappa shape index (κ1) is 17.4. The number of rotatable bonds is 5. The molecule has 0 bridgehead atoms. The minimum absolute atomic E-state index is 0.410. The molecule has 2 nitrogen and oxygen atoms in total. The number of benzene rings is 2. The fraction of sp³-hybridized carbons (Fsp3) is 0.429. The average molecular weight is 340 g/mol. The molecule has 2 aromatic carbocycles. The van der Waals surface area contributed by atoms with Crippen molar-refractivity contribution in [3.8, 4) is 0 Å². The molecule has 1 saturated carbocycles. The lowest BCUT2D eigenvalue weighted by atomic mass is 9.66. The second-order valence-corrected chi connectivity index (χ2v) is 10.3. The molecule has 1 aliphatic carbocycles. The Morgan fingerprint density at radius 2 is 1.33 bits per heavy atom. The van der Waals surface area contributed by atoms with Crippen LogP contribution in [0.1, 0.15) is 33.6 Å². The molecule has 2 aromatic rings. The van der Waals surface area contributed by atoms with Crippen molar-refractivity contribution in [3.63, 3.8) is 0 Å². The molecule has 0 heterocycles. The van der Waals surface area contributed by atoms with Crippen molar-refractivity contribution >= 4 is 19.4 Å². The maximum Gasteiger partial charge on any atom is 0.267 e. The minimum Gasteiger partial charge on any atom is -0.335 e. The van der Waals surface area contributed by atoms with Crippen molar-refractivity contribution in [1.82, 2.24) is 5.06 Å². The first-order valence-corrected chi connectivity index (χ1v) is 10.6. The Kier molecular flexibility index (Phi) is 5.23. The molecule has 0 spiro atoms. The van der Waals surface area contributed by atoms with Gasteiger partial charge >= 0.3 is 0 Å². The lowest BCUT2D eigenvalue weighted by Gasteiger charge is -2.47. The lowest BCUT2D eigenvalue weighted by Crippen LogP contribution is -2.54. The Balaban J connectivity index is 1.71. The van der Waals surface area contributed by atoms with Crippen molar-refractivity contribution in [2.24, 2.45) is 11.3 Å². The van der Waals surface area contributed by atoms with Gasteiger partial charge in [0.2, 0.25) is 0 Å². The van der Waals surface area contributed by atoms with Crippen LogP contribution in [0.25, 0.3) is 0 Å². The van der Waals surface area contributed by atoms with Crippen molar-refractivity contribution < 1.29 is 4.53 Å². The summed E-state index contributed by atoms with van der Waals surface area (Å²) >= 11 is 0. The number of nitrogens with zero attached hydrogens (tertiary/aromatic N) is 1. The Labute approximate surface area is 148 Å². The number of hydrogen-bond donors (Lipinski definition) is 0. The van der Waals surface area contributed by atoms with E-state index in [0.29, 0.717) is 11.5 Å². The van der Waals surface area contributed by atoms with E-state index in [0.717, 1.165) is 5.92 Å². The number of hydroxylamine groups is 2. The molecule has 0 aromatic heterocycles. The summed E-state index contributed by atoms with van der Waals surface area (Å²) in [5.41, 5.74) is 0.410. The van der Waals surface area contributed by atoms with Gasteiger partial charge in [-0.15, -0.1) is 0 Å². The summed E-state index contributed by atoms with van der Waals surface area (Å²) in [6.45, 7) is 7.04. The summed E-state index contributed by atoms with van der Waals surface area (Å²) in [4.78, 5) is 0. The van der Waals surface area contributed by atoms with E-state index in [-0.39, 0.29) is 0 Å². The highest BCUT2D eigenvalue weighted by Gasteiger charge is 2.40. The van der Waals surface area contributed by atoms with Gasteiger partial charge in [-0.3, -0.25) is 0 Å². The summed E-state index contributed by atoms with van der Waals surface area (Å²) < 4.78 is 6.56. The fourth-order valence-corrected chi connectivity index (χ4v) is 5.69. The van der Waals surface area contributed by atoms with Gasteiger partial charge in [-0.1, -0.05) is 81.4 Å². The Hall–Kier alpha value is -1.42. The van der Waals surface area contributed by atoms with E-state index in [4.69, 9.17) is 4.53 Å². The average Bonchev–Trinajstić information content (AvgIpc) is 2.51. The molecule has 3 heteroatoms. The molecule has 3 rings (SSSR count). The van der Waals surface area contributed by atoms with E-state index in [1.165, 1.54) is 23.2 Å². The van der Waals surface area contributed by atoms with E-state index in [1.54, 1.807) is 0 Å². The molecule has 128 valence electrons. The SMILES string of the molecule is CN(O[SiH](c1ccccc1)c1ccccc1)C1CC(C(C)(C)C)C1. The Morgan fingerprint density at radius 3 is 1.75 bits per heavy atom. The highest BCUT2D eigenvalue weighted by atomic mass is 28.3. The molecular formula is C21H29NOSi. The third-order valence-electron chi connectivity index (χ3n) is 5.33. The maximum absolute atomic E-state index is 6.56. The van der Waals surface area contributed by atoms with Crippen LogP contribution in [0.5, 0.6) is 0 Å². The van der Waals surface area contributed by atoms with E-state index < -0.39 is 9.04 Å². The maximum atomic E-state index is 6.56. The monoisotopic (exact) mass is 339 g/mol. The quantitative estimate of drug-likeness (QED) is 0.613. The minimum atomic E-state index is -1.68. The Morgan fingerprint density at radius 1 is 0.875 bits per heavy atom. The van der Waals surface area contributed by atoms with Crippen molar-refractivity contribution in [2.75, 3.05) is 7.05 Å². The number of hydrogen-bond acceptors (Lipinski definition) is 2. The standard InChI is InChI=1S/C21H29NOSi/c1-21(2,3)17-15-18(16-17)22(4)23-24(19-11-7-5-8-12-19)20-13-9-6-10-14-20/h5-14,17-18,24H,15-16H2,1-4H3. The molecule has 0 aliphatic heterocycles. The van der Waals surface area contributed by atoms with Crippen LogP contribution < -0.4 is 10.4 Å². The molecule has 0 amide bonds. The zero-order chi connectivity index (χ0) is 17.2. The van der Waals surface area contributed by atoms with Crippen LogP contribution in [-0.4, -0.2) is 27.2 Å². The van der Waals surface area contributed by atoms with Crippen LogP contribution in [0.4, 0.5) is 0 Å². The van der Waals surface area contributed by atoms with E-state index >= 15 is 0 Å². The molecule has 0 N–H and O–H groups in total. The summed E-state index contributed by atoms with van der Waals surface area (Å²) in [7, 11) is 0.440. The van der Waals surface area contributed by atoms with Gasteiger partial charge in [0.05, 0.1) is 0 Å². The van der Waals surface area contributed by atoms with Gasteiger partial charge in [-0.25, -0.2) is 5.06 Å². The van der Waals surface area contributed by atoms with Crippen molar-refractivity contribution in [2.45, 2.75) is 39.7 Å². The van der Waals surface area contributed by atoms with Crippen LogP contribution >= 0.6 is 0 Å².